The highest BCUT2D eigenvalue weighted by Crippen LogP contribution is 2.30. The van der Waals surface area contributed by atoms with Crippen molar-refractivity contribution in [3.05, 3.63) is 95.9 Å². The van der Waals surface area contributed by atoms with Crippen LogP contribution in [0, 0.1) is 5.92 Å². The highest BCUT2D eigenvalue weighted by molar-refractivity contribution is 6.00. The maximum Gasteiger partial charge on any atom is 0.267 e. The van der Waals surface area contributed by atoms with Crippen molar-refractivity contribution < 1.29 is 9.53 Å². The van der Waals surface area contributed by atoms with Crippen LogP contribution in [-0.2, 0) is 19.6 Å². The summed E-state index contributed by atoms with van der Waals surface area (Å²) < 4.78 is 8.25. The molecule has 0 aliphatic carbocycles. The second kappa shape index (κ2) is 10.1. The number of nitrogens with one attached hydrogen (secondary N) is 1. The van der Waals surface area contributed by atoms with Crippen molar-refractivity contribution >= 4 is 16.8 Å². The van der Waals surface area contributed by atoms with Gasteiger partial charge in [-0.25, -0.2) is 0 Å². The molecule has 2 aromatic heterocycles. The Morgan fingerprint density at radius 1 is 1.03 bits per heavy atom. The lowest BCUT2D eigenvalue weighted by Crippen LogP contribution is -2.28. The summed E-state index contributed by atoms with van der Waals surface area (Å²) in [5.41, 5.74) is 3.75. The number of benzene rings is 2. The topological polar surface area (TPSA) is 56.2 Å². The van der Waals surface area contributed by atoms with Gasteiger partial charge in [-0.05, 0) is 41.8 Å². The summed E-state index contributed by atoms with van der Waals surface area (Å²) >= 11 is 0. The number of fused-ring (bicyclic) bond motifs is 1. The summed E-state index contributed by atoms with van der Waals surface area (Å²) in [6.07, 6.45) is 2.47. The van der Waals surface area contributed by atoms with Crippen molar-refractivity contribution in [3.8, 4) is 5.75 Å². The second-order valence-electron chi connectivity index (χ2n) is 8.32. The van der Waals surface area contributed by atoms with Gasteiger partial charge in [-0.2, -0.15) is 0 Å². The highest BCUT2D eigenvalue weighted by atomic mass is 16.5. The van der Waals surface area contributed by atoms with Crippen LogP contribution in [0.2, 0.25) is 0 Å². The van der Waals surface area contributed by atoms with Crippen molar-refractivity contribution in [1.82, 2.24) is 14.9 Å². The van der Waals surface area contributed by atoms with Gasteiger partial charge in [0.05, 0.1) is 5.52 Å². The highest BCUT2D eigenvalue weighted by Gasteiger charge is 2.18. The first kappa shape index (κ1) is 21.6. The second-order valence-corrected chi connectivity index (χ2v) is 8.32. The van der Waals surface area contributed by atoms with E-state index in [0.29, 0.717) is 31.2 Å². The minimum Gasteiger partial charge on any atom is -0.488 e. The van der Waals surface area contributed by atoms with Crippen LogP contribution in [0.1, 0.15) is 35.6 Å². The van der Waals surface area contributed by atoms with Crippen molar-refractivity contribution in [2.75, 3.05) is 6.54 Å². The molecule has 5 nitrogen and oxygen atoms in total. The zero-order chi connectivity index (χ0) is 22.3. The Balaban J connectivity index is 1.57. The fraction of sp³-hybridized carbons (Fsp3) is 0.259. The van der Waals surface area contributed by atoms with E-state index < -0.39 is 0 Å². The Morgan fingerprint density at radius 3 is 2.59 bits per heavy atom. The molecule has 0 saturated heterocycles. The number of ether oxygens (including phenoxy) is 1. The predicted molar refractivity (Wildman–Crippen MR) is 128 cm³/mol. The summed E-state index contributed by atoms with van der Waals surface area (Å²) in [5, 5.41) is 4.02. The Bertz CT molecular complexity index is 1170. The molecule has 0 aliphatic rings. The van der Waals surface area contributed by atoms with Crippen molar-refractivity contribution in [2.45, 2.75) is 33.4 Å². The largest absolute Gasteiger partial charge is 0.488 e. The molecule has 0 radical (unpaired) electrons. The average Bonchev–Trinajstić information content (AvgIpc) is 3.17. The van der Waals surface area contributed by atoms with Gasteiger partial charge in [0, 0.05) is 36.8 Å². The average molecular weight is 428 g/mol. The molecule has 0 spiro atoms. The SMILES string of the molecule is CC(C)Cn1c(C(=O)NCCc2ccccn2)cc2c(OCc3ccccc3)cccc21. The molecule has 0 unspecified atom stereocenters. The number of amides is 1. The maximum atomic E-state index is 13.1. The van der Waals surface area contributed by atoms with Gasteiger partial charge in [-0.3, -0.25) is 9.78 Å². The predicted octanol–water partition coefficient (Wildman–Crippen LogP) is 5.24. The molecule has 0 fully saturated rings. The van der Waals surface area contributed by atoms with Crippen molar-refractivity contribution in [2.24, 2.45) is 5.92 Å². The van der Waals surface area contributed by atoms with E-state index in [1.54, 1.807) is 6.20 Å². The Kier molecular flexibility index (Phi) is 6.85. The zero-order valence-electron chi connectivity index (χ0n) is 18.6. The summed E-state index contributed by atoms with van der Waals surface area (Å²) in [6, 6.07) is 23.9. The van der Waals surface area contributed by atoms with E-state index in [9.17, 15) is 4.79 Å². The molecule has 164 valence electrons. The standard InChI is InChI=1S/C27H29N3O2/c1-20(2)18-30-24-12-8-13-26(32-19-21-9-4-3-5-10-21)23(24)17-25(30)27(31)29-16-14-22-11-6-7-15-28-22/h3-13,15,17,20H,14,16,18-19H2,1-2H3,(H,29,31). The fourth-order valence-corrected chi connectivity index (χ4v) is 3.81. The van der Waals surface area contributed by atoms with E-state index in [0.717, 1.165) is 34.5 Å². The minimum absolute atomic E-state index is 0.0770. The first-order valence-corrected chi connectivity index (χ1v) is 11.1. The minimum atomic E-state index is -0.0770. The molecule has 32 heavy (non-hydrogen) atoms. The van der Waals surface area contributed by atoms with E-state index in [4.69, 9.17) is 4.74 Å². The van der Waals surface area contributed by atoms with E-state index in [2.05, 4.69) is 34.8 Å². The van der Waals surface area contributed by atoms with Gasteiger partial charge in [0.25, 0.3) is 5.91 Å². The van der Waals surface area contributed by atoms with Crippen LogP contribution in [0.5, 0.6) is 5.75 Å². The first-order valence-electron chi connectivity index (χ1n) is 11.1. The third-order valence-electron chi connectivity index (χ3n) is 5.32. The van der Waals surface area contributed by atoms with Gasteiger partial charge < -0.3 is 14.6 Å². The zero-order valence-corrected chi connectivity index (χ0v) is 18.6. The van der Waals surface area contributed by atoms with Crippen LogP contribution in [0.4, 0.5) is 0 Å². The van der Waals surface area contributed by atoms with Gasteiger partial charge in [0.2, 0.25) is 0 Å². The number of carbonyl (C=O) groups excluding carboxylic acids is 1. The summed E-state index contributed by atoms with van der Waals surface area (Å²) in [7, 11) is 0. The van der Waals surface area contributed by atoms with Crippen LogP contribution in [-0.4, -0.2) is 22.0 Å². The molecule has 4 rings (SSSR count). The molecule has 4 aromatic rings. The number of pyridine rings is 1. The molecule has 2 aromatic carbocycles. The lowest BCUT2D eigenvalue weighted by atomic mass is 10.2. The number of rotatable bonds is 9. The molecular weight excluding hydrogens is 398 g/mol. The van der Waals surface area contributed by atoms with Crippen LogP contribution in [0.25, 0.3) is 10.9 Å². The lowest BCUT2D eigenvalue weighted by molar-refractivity contribution is 0.0944. The Labute approximate surface area is 189 Å². The summed E-state index contributed by atoms with van der Waals surface area (Å²) in [6.45, 7) is 6.10. The van der Waals surface area contributed by atoms with E-state index in [1.165, 1.54) is 0 Å². The van der Waals surface area contributed by atoms with Crippen molar-refractivity contribution in [3.63, 3.8) is 0 Å². The molecule has 1 N–H and O–H groups in total. The van der Waals surface area contributed by atoms with Gasteiger partial charge in [-0.15, -0.1) is 0 Å². The number of hydrogen-bond donors (Lipinski definition) is 1. The lowest BCUT2D eigenvalue weighted by Gasteiger charge is -2.14. The maximum absolute atomic E-state index is 13.1. The van der Waals surface area contributed by atoms with Crippen LogP contribution >= 0.6 is 0 Å². The third-order valence-corrected chi connectivity index (χ3v) is 5.32. The molecule has 1 amide bonds. The molecule has 0 atom stereocenters. The van der Waals surface area contributed by atoms with Crippen LogP contribution < -0.4 is 10.1 Å². The molecule has 0 bridgehead atoms. The number of hydrogen-bond acceptors (Lipinski definition) is 3. The third kappa shape index (κ3) is 5.17. The molecule has 0 saturated carbocycles. The van der Waals surface area contributed by atoms with Gasteiger partial charge >= 0.3 is 0 Å². The van der Waals surface area contributed by atoms with E-state index in [1.807, 2.05) is 66.7 Å². The number of nitrogens with zero attached hydrogens (tertiary/aromatic N) is 2. The monoisotopic (exact) mass is 427 g/mol. The Hall–Kier alpha value is -3.60. The smallest absolute Gasteiger partial charge is 0.267 e. The van der Waals surface area contributed by atoms with Crippen molar-refractivity contribution in [1.29, 1.82) is 0 Å². The first-order chi connectivity index (χ1) is 15.6. The number of aromatic nitrogens is 2. The van der Waals surface area contributed by atoms with E-state index in [-0.39, 0.29) is 5.91 Å². The van der Waals surface area contributed by atoms with Gasteiger partial charge in [0.15, 0.2) is 0 Å². The quantitative estimate of drug-likeness (QED) is 0.397. The Morgan fingerprint density at radius 2 is 1.84 bits per heavy atom. The fourth-order valence-electron chi connectivity index (χ4n) is 3.81. The summed E-state index contributed by atoms with van der Waals surface area (Å²) in [4.78, 5) is 17.4. The number of carbonyl (C=O) groups is 1. The van der Waals surface area contributed by atoms with Gasteiger partial charge in [0.1, 0.15) is 18.1 Å². The van der Waals surface area contributed by atoms with Crippen LogP contribution in [0.15, 0.2) is 79.0 Å². The van der Waals surface area contributed by atoms with Gasteiger partial charge in [-0.1, -0.05) is 56.3 Å². The summed E-state index contributed by atoms with van der Waals surface area (Å²) in [5.74, 6) is 1.11. The molecule has 5 heteroatoms. The van der Waals surface area contributed by atoms with Crippen LogP contribution in [0.3, 0.4) is 0 Å². The molecular formula is C27H29N3O2. The molecule has 0 aliphatic heterocycles. The normalized spacial score (nSPS) is 11.1. The van der Waals surface area contributed by atoms with E-state index >= 15 is 0 Å². The molecule has 2 heterocycles.